The van der Waals surface area contributed by atoms with Crippen molar-refractivity contribution in [1.82, 2.24) is 0 Å². The number of hydrogen-bond donors (Lipinski definition) is 0. The highest BCUT2D eigenvalue weighted by Crippen LogP contribution is 2.36. The molecular formula is C24H24BrNO3. The summed E-state index contributed by atoms with van der Waals surface area (Å²) < 4.78 is 6.16. The van der Waals surface area contributed by atoms with Gasteiger partial charge in [0.2, 0.25) is 0 Å². The molecule has 0 aromatic heterocycles. The number of esters is 1. The van der Waals surface area contributed by atoms with Crippen molar-refractivity contribution in [2.24, 2.45) is 0 Å². The molecule has 2 aromatic rings. The second kappa shape index (κ2) is 8.78. The van der Waals surface area contributed by atoms with E-state index < -0.39 is 5.97 Å². The van der Waals surface area contributed by atoms with Crippen molar-refractivity contribution >= 4 is 39.6 Å². The Kier molecular flexibility index (Phi) is 6.38. The summed E-state index contributed by atoms with van der Waals surface area (Å²) in [5, 5.41) is 0. The number of rotatable bonds is 5. The summed E-state index contributed by atoms with van der Waals surface area (Å²) in [5.41, 5.74) is 4.02. The van der Waals surface area contributed by atoms with Gasteiger partial charge < -0.3 is 4.74 Å². The molecule has 0 N–H and O–H groups in total. The average molecular weight is 454 g/mol. The third-order valence-electron chi connectivity index (χ3n) is 4.88. The third kappa shape index (κ3) is 4.35. The number of amides is 1. The van der Waals surface area contributed by atoms with Gasteiger partial charge in [-0.25, -0.2) is 4.79 Å². The Labute approximate surface area is 180 Å². The van der Waals surface area contributed by atoms with Crippen LogP contribution in [0.15, 0.2) is 69.8 Å². The molecule has 0 saturated carbocycles. The van der Waals surface area contributed by atoms with Crippen LogP contribution in [0.2, 0.25) is 0 Å². The van der Waals surface area contributed by atoms with E-state index in [9.17, 15) is 9.59 Å². The average Bonchev–Trinajstić information content (AvgIpc) is 2.93. The molecule has 3 rings (SSSR count). The summed E-state index contributed by atoms with van der Waals surface area (Å²) in [6.07, 6.45) is 1.76. The summed E-state index contributed by atoms with van der Waals surface area (Å²) >= 11 is 3.41. The van der Waals surface area contributed by atoms with Gasteiger partial charge in [-0.05, 0) is 61.2 Å². The van der Waals surface area contributed by atoms with Crippen LogP contribution < -0.4 is 4.90 Å². The molecule has 29 heavy (non-hydrogen) atoms. The van der Waals surface area contributed by atoms with Crippen LogP contribution >= 0.6 is 15.9 Å². The predicted octanol–water partition coefficient (Wildman–Crippen LogP) is 5.84. The van der Waals surface area contributed by atoms with Crippen molar-refractivity contribution in [1.29, 1.82) is 0 Å². The van der Waals surface area contributed by atoms with Crippen molar-refractivity contribution < 1.29 is 14.3 Å². The maximum absolute atomic E-state index is 13.3. The lowest BCUT2D eigenvalue weighted by atomic mass is 9.99. The van der Waals surface area contributed by atoms with Crippen LogP contribution in [0.25, 0.3) is 6.08 Å². The Hall–Kier alpha value is -2.66. The number of nitrogens with zero attached hydrogens (tertiary/aromatic N) is 1. The van der Waals surface area contributed by atoms with Gasteiger partial charge in [-0.3, -0.25) is 9.69 Å². The van der Waals surface area contributed by atoms with E-state index in [0.717, 1.165) is 10.0 Å². The van der Waals surface area contributed by atoms with E-state index in [-0.39, 0.29) is 12.5 Å². The fraction of sp³-hybridized carbons (Fsp3) is 0.250. The van der Waals surface area contributed by atoms with E-state index in [2.05, 4.69) is 29.8 Å². The van der Waals surface area contributed by atoms with Crippen LogP contribution in [0.1, 0.15) is 44.7 Å². The monoisotopic (exact) mass is 453 g/mol. The summed E-state index contributed by atoms with van der Waals surface area (Å²) in [4.78, 5) is 27.5. The normalized spacial score (nSPS) is 15.6. The first-order valence-corrected chi connectivity index (χ1v) is 10.4. The zero-order valence-corrected chi connectivity index (χ0v) is 18.6. The minimum atomic E-state index is -0.483. The van der Waals surface area contributed by atoms with Crippen LogP contribution in [0.3, 0.4) is 0 Å². The zero-order chi connectivity index (χ0) is 21.1. The largest absolute Gasteiger partial charge is 0.462 e. The van der Waals surface area contributed by atoms with E-state index in [0.29, 0.717) is 28.4 Å². The van der Waals surface area contributed by atoms with E-state index in [1.54, 1.807) is 24.8 Å². The van der Waals surface area contributed by atoms with Crippen LogP contribution in [0, 0.1) is 0 Å². The Morgan fingerprint density at radius 3 is 2.28 bits per heavy atom. The molecule has 0 aliphatic carbocycles. The van der Waals surface area contributed by atoms with Crippen LogP contribution in [0.5, 0.6) is 0 Å². The molecule has 4 nitrogen and oxygen atoms in total. The zero-order valence-electron chi connectivity index (χ0n) is 17.0. The number of anilines is 1. The highest BCUT2D eigenvalue weighted by atomic mass is 79.9. The number of carbonyl (C=O) groups is 2. The molecular weight excluding hydrogens is 430 g/mol. The smallest absolute Gasteiger partial charge is 0.340 e. The number of allylic oxidation sites excluding steroid dienone is 1. The fourth-order valence-electron chi connectivity index (χ4n) is 3.33. The number of ether oxygens (including phenoxy) is 1. The first-order valence-electron chi connectivity index (χ1n) is 9.63. The summed E-state index contributed by atoms with van der Waals surface area (Å²) in [6, 6.07) is 15.4. The van der Waals surface area contributed by atoms with Crippen molar-refractivity contribution in [2.45, 2.75) is 33.6 Å². The highest BCUT2D eigenvalue weighted by Gasteiger charge is 2.38. The summed E-state index contributed by atoms with van der Waals surface area (Å²) in [6.45, 7) is 8.04. The molecule has 1 aliphatic rings. The second-order valence-corrected chi connectivity index (χ2v) is 8.09. The Morgan fingerprint density at radius 1 is 1.10 bits per heavy atom. The lowest BCUT2D eigenvalue weighted by molar-refractivity contribution is -0.138. The van der Waals surface area contributed by atoms with Crippen LogP contribution in [-0.2, 0) is 14.3 Å². The molecule has 0 spiro atoms. The lowest BCUT2D eigenvalue weighted by Gasteiger charge is -2.18. The topological polar surface area (TPSA) is 46.6 Å². The van der Waals surface area contributed by atoms with Crippen molar-refractivity contribution in [3.05, 3.63) is 81.0 Å². The van der Waals surface area contributed by atoms with E-state index in [4.69, 9.17) is 4.74 Å². The van der Waals surface area contributed by atoms with Gasteiger partial charge in [0.15, 0.2) is 0 Å². The van der Waals surface area contributed by atoms with Gasteiger partial charge in [0, 0.05) is 15.9 Å². The van der Waals surface area contributed by atoms with Crippen LogP contribution in [-0.4, -0.2) is 18.5 Å². The molecule has 0 bridgehead atoms. The number of carbonyl (C=O) groups excluding carboxylic acids is 2. The Morgan fingerprint density at radius 2 is 1.72 bits per heavy atom. The molecule has 0 fully saturated rings. The molecule has 1 aliphatic heterocycles. The highest BCUT2D eigenvalue weighted by molar-refractivity contribution is 9.10. The van der Waals surface area contributed by atoms with Gasteiger partial charge >= 0.3 is 5.97 Å². The van der Waals surface area contributed by atoms with Gasteiger partial charge in [-0.15, -0.1) is 0 Å². The van der Waals surface area contributed by atoms with Crippen molar-refractivity contribution in [3.8, 4) is 0 Å². The van der Waals surface area contributed by atoms with E-state index in [1.165, 1.54) is 5.56 Å². The molecule has 0 saturated heterocycles. The predicted molar refractivity (Wildman–Crippen MR) is 119 cm³/mol. The molecule has 5 heteroatoms. The molecule has 1 heterocycles. The van der Waals surface area contributed by atoms with Crippen LogP contribution in [0.4, 0.5) is 5.69 Å². The summed E-state index contributed by atoms with van der Waals surface area (Å²) in [7, 11) is 0. The fourth-order valence-corrected chi connectivity index (χ4v) is 3.59. The number of halogens is 1. The molecule has 150 valence electrons. The number of benzene rings is 2. The Balaban J connectivity index is 2.07. The van der Waals surface area contributed by atoms with Gasteiger partial charge in [-0.2, -0.15) is 0 Å². The van der Waals surface area contributed by atoms with E-state index >= 15 is 0 Å². The number of hydrogen-bond acceptors (Lipinski definition) is 3. The SMILES string of the molecule is CCOC(=O)C1=C(C)N(c2ccc(Br)cc2)C(=O)/C1=C/c1ccc(C(C)C)cc1. The maximum Gasteiger partial charge on any atom is 0.340 e. The summed E-state index contributed by atoms with van der Waals surface area (Å²) in [5.74, 6) is -0.293. The second-order valence-electron chi connectivity index (χ2n) is 7.18. The minimum absolute atomic E-state index is 0.235. The third-order valence-corrected chi connectivity index (χ3v) is 5.41. The first kappa shape index (κ1) is 21.1. The molecule has 0 unspecified atom stereocenters. The first-order chi connectivity index (χ1) is 13.8. The van der Waals surface area contributed by atoms with Gasteiger partial charge in [0.25, 0.3) is 5.91 Å². The quantitative estimate of drug-likeness (QED) is 0.421. The van der Waals surface area contributed by atoms with E-state index in [1.807, 2.05) is 48.5 Å². The van der Waals surface area contributed by atoms with Crippen molar-refractivity contribution in [2.75, 3.05) is 11.5 Å². The van der Waals surface area contributed by atoms with Gasteiger partial charge in [-0.1, -0.05) is 54.0 Å². The Bertz CT molecular complexity index is 986. The molecule has 2 aromatic carbocycles. The molecule has 0 radical (unpaired) electrons. The molecule has 1 amide bonds. The van der Waals surface area contributed by atoms with Gasteiger partial charge in [0.05, 0.1) is 17.8 Å². The molecule has 0 atom stereocenters. The van der Waals surface area contributed by atoms with Gasteiger partial charge in [0.1, 0.15) is 0 Å². The minimum Gasteiger partial charge on any atom is -0.462 e. The van der Waals surface area contributed by atoms with Crippen molar-refractivity contribution in [3.63, 3.8) is 0 Å². The standard InChI is InChI=1S/C24H24BrNO3/c1-5-29-24(28)22-16(4)26(20-12-10-19(25)11-13-20)23(27)21(22)14-17-6-8-18(9-7-17)15(2)3/h6-15H,5H2,1-4H3/b21-14+. The maximum atomic E-state index is 13.3. The lowest BCUT2D eigenvalue weighted by Crippen LogP contribution is -2.24.